The molecule has 0 unspecified atom stereocenters. The monoisotopic (exact) mass is 231 g/mol. The first-order valence-electron chi connectivity index (χ1n) is 5.23. The summed E-state index contributed by atoms with van der Waals surface area (Å²) >= 11 is 4.29. The second-order valence-electron chi connectivity index (χ2n) is 3.60. The number of hydrogen-bond donors (Lipinski definition) is 2. The van der Waals surface area contributed by atoms with E-state index in [9.17, 15) is 4.79 Å². The van der Waals surface area contributed by atoms with E-state index in [-0.39, 0.29) is 5.91 Å². The highest BCUT2D eigenvalue weighted by molar-refractivity contribution is 7.84. The van der Waals surface area contributed by atoms with Crippen molar-refractivity contribution in [1.29, 1.82) is 0 Å². The van der Waals surface area contributed by atoms with Gasteiger partial charge in [-0.05, 0) is 25.0 Å². The molecule has 0 atom stereocenters. The fourth-order valence-corrected chi connectivity index (χ4v) is 1.91. The Morgan fingerprint density at radius 1 is 1.12 bits per heavy atom. The van der Waals surface area contributed by atoms with E-state index in [1.807, 2.05) is 42.5 Å². The van der Waals surface area contributed by atoms with Crippen molar-refractivity contribution >= 4 is 24.2 Å². The van der Waals surface area contributed by atoms with Gasteiger partial charge in [0.1, 0.15) is 0 Å². The average molecular weight is 231 g/mol. The topological polar surface area (TPSA) is 29.1 Å². The molecule has 1 aromatic carbocycles. The fraction of sp³-hybridized carbons (Fsp3) is 0.154. The van der Waals surface area contributed by atoms with Gasteiger partial charge in [0.05, 0.1) is 0 Å². The first-order chi connectivity index (χ1) is 7.77. The SMILES string of the molecule is O=C(Nc1ccccc1)C1=CCCC=C1S. The third-order valence-electron chi connectivity index (χ3n) is 2.41. The standard InChI is InChI=1S/C13H13NOS/c15-13(11-8-4-5-9-12(11)16)14-10-6-2-1-3-7-10/h1-3,6-9,16H,4-5H2,(H,14,15). The van der Waals surface area contributed by atoms with Crippen molar-refractivity contribution in [1.82, 2.24) is 0 Å². The minimum atomic E-state index is -0.0906. The van der Waals surface area contributed by atoms with E-state index >= 15 is 0 Å². The number of allylic oxidation sites excluding steroid dienone is 2. The largest absolute Gasteiger partial charge is 0.322 e. The lowest BCUT2D eigenvalue weighted by Crippen LogP contribution is -2.15. The minimum absolute atomic E-state index is 0.0906. The molecule has 0 aromatic heterocycles. The minimum Gasteiger partial charge on any atom is -0.322 e. The molecule has 1 aliphatic carbocycles. The quantitative estimate of drug-likeness (QED) is 0.752. The van der Waals surface area contributed by atoms with Crippen molar-refractivity contribution in [3.63, 3.8) is 0 Å². The number of carbonyl (C=O) groups excluding carboxylic acids is 1. The summed E-state index contributed by atoms with van der Waals surface area (Å²) in [6.45, 7) is 0. The summed E-state index contributed by atoms with van der Waals surface area (Å²) in [5.41, 5.74) is 1.47. The number of benzene rings is 1. The van der Waals surface area contributed by atoms with Crippen LogP contribution in [0, 0.1) is 0 Å². The number of thiol groups is 1. The van der Waals surface area contributed by atoms with E-state index in [1.54, 1.807) is 0 Å². The van der Waals surface area contributed by atoms with Crippen molar-refractivity contribution in [2.24, 2.45) is 0 Å². The number of anilines is 1. The van der Waals surface area contributed by atoms with Gasteiger partial charge in [-0.2, -0.15) is 0 Å². The first-order valence-corrected chi connectivity index (χ1v) is 5.68. The molecule has 1 aromatic rings. The Morgan fingerprint density at radius 3 is 2.50 bits per heavy atom. The number of hydrogen-bond acceptors (Lipinski definition) is 2. The number of para-hydroxylation sites is 1. The zero-order valence-electron chi connectivity index (χ0n) is 8.81. The van der Waals surface area contributed by atoms with Crippen LogP contribution in [0.25, 0.3) is 0 Å². The summed E-state index contributed by atoms with van der Waals surface area (Å²) in [5, 5.41) is 2.85. The molecular weight excluding hydrogens is 218 g/mol. The van der Waals surface area contributed by atoms with Crippen molar-refractivity contribution in [3.05, 3.63) is 53.0 Å². The van der Waals surface area contributed by atoms with E-state index in [0.29, 0.717) is 5.57 Å². The van der Waals surface area contributed by atoms with Gasteiger partial charge < -0.3 is 5.32 Å². The van der Waals surface area contributed by atoms with Crippen molar-refractivity contribution < 1.29 is 4.79 Å². The number of rotatable bonds is 2. The van der Waals surface area contributed by atoms with Gasteiger partial charge in [-0.15, -0.1) is 12.6 Å². The third kappa shape index (κ3) is 2.55. The van der Waals surface area contributed by atoms with Gasteiger partial charge in [0.25, 0.3) is 5.91 Å². The summed E-state index contributed by atoms with van der Waals surface area (Å²) in [7, 11) is 0. The van der Waals surface area contributed by atoms with Crippen LogP contribution in [0.3, 0.4) is 0 Å². The van der Waals surface area contributed by atoms with Gasteiger partial charge in [0.15, 0.2) is 0 Å². The van der Waals surface area contributed by atoms with Crippen LogP contribution in [0.5, 0.6) is 0 Å². The van der Waals surface area contributed by atoms with Crippen molar-refractivity contribution in [3.8, 4) is 0 Å². The summed E-state index contributed by atoms with van der Waals surface area (Å²) in [4.78, 5) is 12.7. The predicted octanol–water partition coefficient (Wildman–Crippen LogP) is 3.16. The van der Waals surface area contributed by atoms with Crippen LogP contribution >= 0.6 is 12.6 Å². The Morgan fingerprint density at radius 2 is 1.81 bits per heavy atom. The smallest absolute Gasteiger partial charge is 0.256 e. The third-order valence-corrected chi connectivity index (χ3v) is 2.83. The van der Waals surface area contributed by atoms with Crippen LogP contribution in [-0.2, 0) is 4.79 Å². The number of amides is 1. The van der Waals surface area contributed by atoms with E-state index in [2.05, 4.69) is 17.9 Å². The van der Waals surface area contributed by atoms with E-state index in [4.69, 9.17) is 0 Å². The summed E-state index contributed by atoms with van der Waals surface area (Å²) in [6, 6.07) is 9.43. The summed E-state index contributed by atoms with van der Waals surface area (Å²) in [5.74, 6) is -0.0906. The molecule has 0 saturated heterocycles. The highest BCUT2D eigenvalue weighted by Gasteiger charge is 2.13. The molecule has 0 radical (unpaired) electrons. The highest BCUT2D eigenvalue weighted by atomic mass is 32.1. The van der Waals surface area contributed by atoms with Gasteiger partial charge in [-0.3, -0.25) is 4.79 Å². The molecule has 2 nitrogen and oxygen atoms in total. The van der Waals surface area contributed by atoms with Crippen LogP contribution in [0.15, 0.2) is 53.0 Å². The van der Waals surface area contributed by atoms with E-state index in [1.165, 1.54) is 0 Å². The molecule has 1 N–H and O–H groups in total. The van der Waals surface area contributed by atoms with Crippen LogP contribution in [0.4, 0.5) is 5.69 Å². The van der Waals surface area contributed by atoms with Gasteiger partial charge in [0, 0.05) is 16.2 Å². The summed E-state index contributed by atoms with van der Waals surface area (Å²) < 4.78 is 0. The average Bonchev–Trinajstić information content (AvgIpc) is 2.31. The Hall–Kier alpha value is -1.48. The number of carbonyl (C=O) groups is 1. The lowest BCUT2D eigenvalue weighted by atomic mass is 10.1. The van der Waals surface area contributed by atoms with E-state index in [0.717, 1.165) is 23.4 Å². The fourth-order valence-electron chi connectivity index (χ4n) is 1.59. The molecule has 2 rings (SSSR count). The second kappa shape index (κ2) is 5.03. The van der Waals surface area contributed by atoms with Gasteiger partial charge in [0.2, 0.25) is 0 Å². The zero-order chi connectivity index (χ0) is 11.4. The van der Waals surface area contributed by atoms with Gasteiger partial charge >= 0.3 is 0 Å². The second-order valence-corrected chi connectivity index (χ2v) is 4.09. The van der Waals surface area contributed by atoms with E-state index < -0.39 is 0 Å². The van der Waals surface area contributed by atoms with Gasteiger partial charge in [-0.1, -0.05) is 30.4 Å². The molecule has 0 aliphatic heterocycles. The van der Waals surface area contributed by atoms with Gasteiger partial charge in [-0.25, -0.2) is 0 Å². The molecule has 16 heavy (non-hydrogen) atoms. The zero-order valence-corrected chi connectivity index (χ0v) is 9.71. The maximum Gasteiger partial charge on any atom is 0.256 e. The van der Waals surface area contributed by atoms with Crippen LogP contribution < -0.4 is 5.32 Å². The molecular formula is C13H13NOS. The molecule has 3 heteroatoms. The van der Waals surface area contributed by atoms with Crippen molar-refractivity contribution in [2.75, 3.05) is 5.32 Å². The van der Waals surface area contributed by atoms with Crippen LogP contribution in [0.2, 0.25) is 0 Å². The Kier molecular flexibility index (Phi) is 3.47. The molecule has 0 bridgehead atoms. The molecule has 0 heterocycles. The Bertz CT molecular complexity index is 448. The summed E-state index contributed by atoms with van der Waals surface area (Å²) in [6.07, 6.45) is 5.77. The normalized spacial score (nSPS) is 15.1. The molecule has 0 saturated carbocycles. The van der Waals surface area contributed by atoms with Crippen LogP contribution in [0.1, 0.15) is 12.8 Å². The Balaban J connectivity index is 2.09. The lowest BCUT2D eigenvalue weighted by molar-refractivity contribution is -0.112. The van der Waals surface area contributed by atoms with Crippen molar-refractivity contribution in [2.45, 2.75) is 12.8 Å². The van der Waals surface area contributed by atoms with Crippen LogP contribution in [-0.4, -0.2) is 5.91 Å². The molecule has 1 aliphatic rings. The molecule has 82 valence electrons. The molecule has 1 amide bonds. The molecule has 0 spiro atoms. The molecule has 0 fully saturated rings. The first kappa shape index (κ1) is 11.0. The Labute approximate surface area is 100 Å². The number of nitrogens with one attached hydrogen (secondary N) is 1. The highest BCUT2D eigenvalue weighted by Crippen LogP contribution is 2.22. The predicted molar refractivity (Wildman–Crippen MR) is 69.5 cm³/mol. The maximum atomic E-state index is 11.9. The maximum absolute atomic E-state index is 11.9. The lowest BCUT2D eigenvalue weighted by Gasteiger charge is -2.12.